The minimum atomic E-state index is 0.595. The fourth-order valence-corrected chi connectivity index (χ4v) is 2.23. The molecule has 1 aromatic rings. The molecule has 1 heterocycles. The van der Waals surface area contributed by atoms with E-state index in [4.69, 9.17) is 0 Å². The number of hydrogen-bond acceptors (Lipinski definition) is 1. The normalized spacial score (nSPS) is 11.9. The Bertz CT molecular complexity index is 298. The van der Waals surface area contributed by atoms with Crippen LogP contribution in [0.3, 0.4) is 0 Å². The Morgan fingerprint density at radius 3 is 2.83 bits per heavy atom. The molecular weight excluding hydrogens is 164 g/mol. The molecule has 0 spiro atoms. The molecule has 0 N–H and O–H groups in total. The zero-order chi connectivity index (χ0) is 8.97. The summed E-state index contributed by atoms with van der Waals surface area (Å²) in [6.45, 7) is 6.30. The highest BCUT2D eigenvalue weighted by molar-refractivity contribution is 7.10. The lowest BCUT2D eigenvalue weighted by molar-refractivity contribution is 0.808. The van der Waals surface area contributed by atoms with Crippen LogP contribution in [0.2, 0.25) is 0 Å². The van der Waals surface area contributed by atoms with E-state index in [0.717, 1.165) is 6.42 Å². The average molecular weight is 178 g/mol. The zero-order valence-electron chi connectivity index (χ0n) is 7.85. The minimum absolute atomic E-state index is 0.595. The van der Waals surface area contributed by atoms with Gasteiger partial charge in [-0.1, -0.05) is 6.92 Å². The molecule has 12 heavy (non-hydrogen) atoms. The quantitative estimate of drug-likeness (QED) is 0.607. The highest BCUT2D eigenvalue weighted by Gasteiger charge is 2.07. The standard InChI is InChI=1S/C11H14S/c1-4-5-6-9(2)11-10(3)7-8-12-11/h7-9H,6H2,1-3H3. The smallest absolute Gasteiger partial charge is 0.0163 e. The van der Waals surface area contributed by atoms with Gasteiger partial charge in [-0.15, -0.1) is 23.2 Å². The van der Waals surface area contributed by atoms with Crippen LogP contribution >= 0.6 is 11.3 Å². The molecule has 1 atom stereocenters. The van der Waals surface area contributed by atoms with Gasteiger partial charge in [0.1, 0.15) is 0 Å². The molecule has 0 saturated carbocycles. The van der Waals surface area contributed by atoms with Crippen LogP contribution in [0, 0.1) is 18.8 Å². The van der Waals surface area contributed by atoms with Crippen molar-refractivity contribution in [3.05, 3.63) is 21.9 Å². The SMILES string of the molecule is CC#CCC(C)c1sccc1C. The zero-order valence-corrected chi connectivity index (χ0v) is 8.66. The summed E-state index contributed by atoms with van der Waals surface area (Å²) in [5.41, 5.74) is 1.41. The van der Waals surface area contributed by atoms with Crippen LogP contribution in [-0.2, 0) is 0 Å². The van der Waals surface area contributed by atoms with Gasteiger partial charge in [0.05, 0.1) is 0 Å². The fourth-order valence-electron chi connectivity index (χ4n) is 1.24. The van der Waals surface area contributed by atoms with Gasteiger partial charge < -0.3 is 0 Å². The molecule has 0 nitrogen and oxygen atoms in total. The van der Waals surface area contributed by atoms with E-state index >= 15 is 0 Å². The molecule has 0 aliphatic heterocycles. The molecule has 0 aliphatic rings. The van der Waals surface area contributed by atoms with E-state index in [9.17, 15) is 0 Å². The maximum absolute atomic E-state index is 3.12. The Kier molecular flexibility index (Phi) is 3.37. The van der Waals surface area contributed by atoms with Crippen LogP contribution in [0.5, 0.6) is 0 Å². The summed E-state index contributed by atoms with van der Waals surface area (Å²) < 4.78 is 0. The summed E-state index contributed by atoms with van der Waals surface area (Å²) in [6.07, 6.45) is 0.984. The largest absolute Gasteiger partial charge is 0.148 e. The Morgan fingerprint density at radius 1 is 1.58 bits per heavy atom. The second-order valence-corrected chi connectivity index (χ2v) is 3.95. The van der Waals surface area contributed by atoms with Gasteiger partial charge in [0.15, 0.2) is 0 Å². The summed E-state index contributed by atoms with van der Waals surface area (Å²) in [4.78, 5) is 1.48. The van der Waals surface area contributed by atoms with E-state index in [2.05, 4.69) is 37.1 Å². The van der Waals surface area contributed by atoms with E-state index < -0.39 is 0 Å². The summed E-state index contributed by atoms with van der Waals surface area (Å²) >= 11 is 1.84. The minimum Gasteiger partial charge on any atom is -0.148 e. The molecule has 0 aromatic carbocycles. The number of thiophene rings is 1. The van der Waals surface area contributed by atoms with Crippen LogP contribution in [-0.4, -0.2) is 0 Å². The molecule has 1 unspecified atom stereocenters. The fraction of sp³-hybridized carbons (Fsp3) is 0.455. The lowest BCUT2D eigenvalue weighted by atomic mass is 10.0. The lowest BCUT2D eigenvalue weighted by Gasteiger charge is -2.05. The molecular formula is C11H14S. The highest BCUT2D eigenvalue weighted by atomic mass is 32.1. The maximum atomic E-state index is 3.12. The van der Waals surface area contributed by atoms with Crippen molar-refractivity contribution >= 4 is 11.3 Å². The predicted octanol–water partition coefficient (Wildman–Crippen LogP) is 3.57. The first-order valence-electron chi connectivity index (χ1n) is 4.19. The van der Waals surface area contributed by atoms with Gasteiger partial charge >= 0.3 is 0 Å². The average Bonchev–Trinajstić information content (AvgIpc) is 2.47. The van der Waals surface area contributed by atoms with Crippen molar-refractivity contribution in [1.82, 2.24) is 0 Å². The van der Waals surface area contributed by atoms with Gasteiger partial charge in [0.25, 0.3) is 0 Å². The van der Waals surface area contributed by atoms with Crippen molar-refractivity contribution in [2.24, 2.45) is 0 Å². The summed E-state index contributed by atoms with van der Waals surface area (Å²) in [7, 11) is 0. The van der Waals surface area contributed by atoms with Gasteiger partial charge in [-0.3, -0.25) is 0 Å². The first kappa shape index (κ1) is 9.35. The van der Waals surface area contributed by atoms with Crippen molar-refractivity contribution in [1.29, 1.82) is 0 Å². The molecule has 0 aliphatic carbocycles. The van der Waals surface area contributed by atoms with Crippen LogP contribution in [0.4, 0.5) is 0 Å². The van der Waals surface area contributed by atoms with Crippen molar-refractivity contribution in [3.63, 3.8) is 0 Å². The van der Waals surface area contributed by atoms with Crippen LogP contribution in [0.1, 0.15) is 36.6 Å². The van der Waals surface area contributed by atoms with Gasteiger partial charge in [0.2, 0.25) is 0 Å². The molecule has 1 rings (SSSR count). The van der Waals surface area contributed by atoms with Crippen molar-refractivity contribution in [3.8, 4) is 11.8 Å². The lowest BCUT2D eigenvalue weighted by Crippen LogP contribution is -1.89. The number of rotatable bonds is 2. The second-order valence-electron chi connectivity index (χ2n) is 3.00. The van der Waals surface area contributed by atoms with E-state index in [1.54, 1.807) is 0 Å². The third-order valence-electron chi connectivity index (χ3n) is 1.93. The van der Waals surface area contributed by atoms with Gasteiger partial charge in [0, 0.05) is 17.2 Å². The first-order chi connectivity index (χ1) is 5.75. The Balaban J connectivity index is 2.68. The van der Waals surface area contributed by atoms with Crippen LogP contribution in [0.25, 0.3) is 0 Å². The summed E-state index contributed by atoms with van der Waals surface area (Å²) in [5, 5.41) is 2.15. The topological polar surface area (TPSA) is 0 Å². The van der Waals surface area contributed by atoms with Crippen molar-refractivity contribution in [2.75, 3.05) is 0 Å². The molecule has 0 radical (unpaired) electrons. The maximum Gasteiger partial charge on any atom is 0.0163 e. The Labute approximate surface area is 78.6 Å². The molecule has 0 saturated heterocycles. The molecule has 1 heteroatoms. The highest BCUT2D eigenvalue weighted by Crippen LogP contribution is 2.27. The van der Waals surface area contributed by atoms with E-state index in [-0.39, 0.29) is 0 Å². The number of hydrogen-bond donors (Lipinski definition) is 0. The Hall–Kier alpha value is -0.740. The predicted molar refractivity (Wildman–Crippen MR) is 55.5 cm³/mol. The molecule has 0 amide bonds. The van der Waals surface area contributed by atoms with Gasteiger partial charge in [-0.25, -0.2) is 0 Å². The summed E-state index contributed by atoms with van der Waals surface area (Å²) in [5.74, 6) is 6.65. The number of aryl methyl sites for hydroxylation is 1. The monoisotopic (exact) mass is 178 g/mol. The molecule has 0 fully saturated rings. The van der Waals surface area contributed by atoms with Crippen molar-refractivity contribution < 1.29 is 0 Å². The van der Waals surface area contributed by atoms with Crippen molar-refractivity contribution in [2.45, 2.75) is 33.1 Å². The van der Waals surface area contributed by atoms with Gasteiger partial charge in [-0.2, -0.15) is 0 Å². The van der Waals surface area contributed by atoms with Crippen LogP contribution in [0.15, 0.2) is 11.4 Å². The first-order valence-corrected chi connectivity index (χ1v) is 5.07. The second kappa shape index (κ2) is 4.33. The molecule has 1 aromatic heterocycles. The third-order valence-corrected chi connectivity index (χ3v) is 3.18. The molecule has 64 valence electrons. The van der Waals surface area contributed by atoms with E-state index in [1.807, 2.05) is 18.3 Å². The Morgan fingerprint density at radius 2 is 2.33 bits per heavy atom. The third kappa shape index (κ3) is 2.12. The van der Waals surface area contributed by atoms with E-state index in [1.165, 1.54) is 10.4 Å². The van der Waals surface area contributed by atoms with Crippen LogP contribution < -0.4 is 0 Å². The molecule has 0 bridgehead atoms. The van der Waals surface area contributed by atoms with E-state index in [0.29, 0.717) is 5.92 Å². The summed E-state index contributed by atoms with van der Waals surface area (Å²) in [6, 6.07) is 2.18. The van der Waals surface area contributed by atoms with Gasteiger partial charge in [-0.05, 0) is 30.9 Å².